The van der Waals surface area contributed by atoms with E-state index in [0.29, 0.717) is 0 Å². The van der Waals surface area contributed by atoms with Crippen LogP contribution in [0.5, 0.6) is 0 Å². The third kappa shape index (κ3) is 2.05. The number of H-pyrrole nitrogens is 1. The highest BCUT2D eigenvalue weighted by molar-refractivity contribution is 5.82. The van der Waals surface area contributed by atoms with Crippen molar-refractivity contribution in [2.24, 2.45) is 0 Å². The lowest BCUT2D eigenvalue weighted by Crippen LogP contribution is -2.00. The number of benzene rings is 1. The number of nitrogens with zero attached hydrogens (tertiary/aromatic N) is 2. The van der Waals surface area contributed by atoms with Gasteiger partial charge in [0.1, 0.15) is 0 Å². The van der Waals surface area contributed by atoms with E-state index < -0.39 is 0 Å². The number of aromatic amines is 1. The molecular formula is C14H14N4. The zero-order chi connectivity index (χ0) is 12.4. The molecule has 4 heteroatoms. The summed E-state index contributed by atoms with van der Waals surface area (Å²) in [5.41, 5.74) is 4.33. The van der Waals surface area contributed by atoms with Crippen LogP contribution in [-0.2, 0) is 6.54 Å². The third-order valence-corrected chi connectivity index (χ3v) is 2.91. The summed E-state index contributed by atoms with van der Waals surface area (Å²) in [4.78, 5) is 4.54. The van der Waals surface area contributed by atoms with E-state index in [0.717, 1.165) is 23.4 Å². The van der Waals surface area contributed by atoms with E-state index in [2.05, 4.69) is 32.6 Å². The Bertz CT molecular complexity index is 659. The minimum Gasteiger partial charge on any atom is -0.378 e. The first-order valence-corrected chi connectivity index (χ1v) is 5.91. The van der Waals surface area contributed by atoms with E-state index in [1.54, 1.807) is 6.20 Å². The topological polar surface area (TPSA) is 53.6 Å². The van der Waals surface area contributed by atoms with Crippen molar-refractivity contribution in [3.05, 3.63) is 54.0 Å². The van der Waals surface area contributed by atoms with Crippen LogP contribution in [0.4, 0.5) is 5.69 Å². The Hall–Kier alpha value is -2.36. The van der Waals surface area contributed by atoms with Crippen LogP contribution < -0.4 is 5.32 Å². The van der Waals surface area contributed by atoms with Gasteiger partial charge in [0.25, 0.3) is 0 Å². The molecule has 0 saturated carbocycles. The van der Waals surface area contributed by atoms with Crippen LogP contribution in [0.3, 0.4) is 0 Å². The quantitative estimate of drug-likeness (QED) is 0.737. The summed E-state index contributed by atoms with van der Waals surface area (Å²) in [6.07, 6.45) is 3.62. The van der Waals surface area contributed by atoms with Gasteiger partial charge in [-0.3, -0.25) is 10.1 Å². The van der Waals surface area contributed by atoms with Gasteiger partial charge in [0.15, 0.2) is 0 Å². The molecule has 0 spiro atoms. The normalized spacial score (nSPS) is 10.7. The summed E-state index contributed by atoms with van der Waals surface area (Å²) in [7, 11) is 0. The molecule has 18 heavy (non-hydrogen) atoms. The second-order valence-corrected chi connectivity index (χ2v) is 4.28. The molecule has 0 unspecified atom stereocenters. The van der Waals surface area contributed by atoms with Crippen molar-refractivity contribution in [2.45, 2.75) is 13.5 Å². The van der Waals surface area contributed by atoms with Gasteiger partial charge in [-0.2, -0.15) is 5.10 Å². The molecule has 0 bridgehead atoms. The third-order valence-electron chi connectivity index (χ3n) is 2.91. The standard InChI is InChI=1S/C14H14N4/c1-10-6-11(7-15-12-8-16-17-9-12)13-4-2-3-5-14(13)18-10/h2-6,8-9,15H,7H2,1H3,(H,16,17). The number of nitrogens with one attached hydrogen (secondary N) is 2. The summed E-state index contributed by atoms with van der Waals surface area (Å²) in [5.74, 6) is 0. The maximum Gasteiger partial charge on any atom is 0.0726 e. The number of hydrogen-bond donors (Lipinski definition) is 2. The molecule has 2 heterocycles. The SMILES string of the molecule is Cc1cc(CNc2cn[nH]c2)c2ccccc2n1. The second-order valence-electron chi connectivity index (χ2n) is 4.28. The molecule has 2 aromatic heterocycles. The highest BCUT2D eigenvalue weighted by atomic mass is 15.1. The van der Waals surface area contributed by atoms with Gasteiger partial charge in [0.05, 0.1) is 17.4 Å². The lowest BCUT2D eigenvalue weighted by molar-refractivity contribution is 1.09. The van der Waals surface area contributed by atoms with Gasteiger partial charge in [0, 0.05) is 23.8 Å². The number of fused-ring (bicyclic) bond motifs is 1. The molecule has 2 N–H and O–H groups in total. The molecule has 90 valence electrons. The van der Waals surface area contributed by atoms with Gasteiger partial charge in [-0.15, -0.1) is 0 Å². The molecule has 0 atom stereocenters. The summed E-state index contributed by atoms with van der Waals surface area (Å²) < 4.78 is 0. The van der Waals surface area contributed by atoms with E-state index in [1.807, 2.05) is 31.3 Å². The van der Waals surface area contributed by atoms with Gasteiger partial charge in [-0.05, 0) is 24.6 Å². The molecule has 0 amide bonds. The van der Waals surface area contributed by atoms with Crippen molar-refractivity contribution in [3.8, 4) is 0 Å². The highest BCUT2D eigenvalue weighted by Gasteiger charge is 2.03. The van der Waals surface area contributed by atoms with Gasteiger partial charge < -0.3 is 5.32 Å². The number of aromatic nitrogens is 3. The van der Waals surface area contributed by atoms with Gasteiger partial charge in [-0.25, -0.2) is 0 Å². The zero-order valence-corrected chi connectivity index (χ0v) is 10.1. The Balaban J connectivity index is 1.95. The molecule has 0 aliphatic carbocycles. The van der Waals surface area contributed by atoms with Crippen molar-refractivity contribution in [2.75, 3.05) is 5.32 Å². The summed E-state index contributed by atoms with van der Waals surface area (Å²) in [6.45, 7) is 2.79. The Morgan fingerprint density at radius 2 is 2.17 bits per heavy atom. The predicted octanol–water partition coefficient (Wildman–Crippen LogP) is 2.88. The first-order valence-electron chi connectivity index (χ1n) is 5.91. The number of pyridine rings is 1. The molecule has 0 fully saturated rings. The molecule has 4 nitrogen and oxygen atoms in total. The van der Waals surface area contributed by atoms with E-state index >= 15 is 0 Å². The van der Waals surface area contributed by atoms with Crippen LogP contribution in [0.15, 0.2) is 42.7 Å². The van der Waals surface area contributed by atoms with Crippen LogP contribution in [0.1, 0.15) is 11.3 Å². The second kappa shape index (κ2) is 4.49. The molecule has 3 rings (SSSR count). The Morgan fingerprint density at radius 3 is 3.00 bits per heavy atom. The van der Waals surface area contributed by atoms with Crippen LogP contribution in [0.2, 0.25) is 0 Å². The first kappa shape index (κ1) is 10.8. The van der Waals surface area contributed by atoms with E-state index in [-0.39, 0.29) is 0 Å². The van der Waals surface area contributed by atoms with Gasteiger partial charge in [0.2, 0.25) is 0 Å². The molecule has 1 aromatic carbocycles. The van der Waals surface area contributed by atoms with Crippen LogP contribution in [0.25, 0.3) is 10.9 Å². The van der Waals surface area contributed by atoms with Crippen molar-refractivity contribution < 1.29 is 0 Å². The molecule has 0 saturated heterocycles. The average Bonchev–Trinajstić information content (AvgIpc) is 2.89. The Morgan fingerprint density at radius 1 is 1.28 bits per heavy atom. The minimum absolute atomic E-state index is 0.767. The largest absolute Gasteiger partial charge is 0.378 e. The maximum atomic E-state index is 4.54. The number of anilines is 1. The lowest BCUT2D eigenvalue weighted by Gasteiger charge is -2.08. The fraction of sp³-hybridized carbons (Fsp3) is 0.143. The van der Waals surface area contributed by atoms with E-state index in [9.17, 15) is 0 Å². The smallest absolute Gasteiger partial charge is 0.0726 e. The fourth-order valence-electron chi connectivity index (χ4n) is 2.09. The van der Waals surface area contributed by atoms with Crippen LogP contribution >= 0.6 is 0 Å². The van der Waals surface area contributed by atoms with Gasteiger partial charge >= 0.3 is 0 Å². The van der Waals surface area contributed by atoms with E-state index in [4.69, 9.17) is 0 Å². The van der Waals surface area contributed by atoms with Crippen molar-refractivity contribution in [1.82, 2.24) is 15.2 Å². The summed E-state index contributed by atoms with van der Waals surface area (Å²) in [5, 5.41) is 11.2. The Labute approximate surface area is 105 Å². The average molecular weight is 238 g/mol. The van der Waals surface area contributed by atoms with Crippen molar-refractivity contribution in [3.63, 3.8) is 0 Å². The van der Waals surface area contributed by atoms with E-state index in [1.165, 1.54) is 10.9 Å². The van der Waals surface area contributed by atoms with Crippen LogP contribution in [0, 0.1) is 6.92 Å². The maximum absolute atomic E-state index is 4.54. The molecule has 3 aromatic rings. The van der Waals surface area contributed by atoms with Gasteiger partial charge in [-0.1, -0.05) is 18.2 Å². The highest BCUT2D eigenvalue weighted by Crippen LogP contribution is 2.19. The van der Waals surface area contributed by atoms with Crippen LogP contribution in [-0.4, -0.2) is 15.2 Å². The number of rotatable bonds is 3. The molecular weight excluding hydrogens is 224 g/mol. The number of hydrogen-bond acceptors (Lipinski definition) is 3. The summed E-state index contributed by atoms with van der Waals surface area (Å²) in [6, 6.07) is 10.3. The fourth-order valence-corrected chi connectivity index (χ4v) is 2.09. The predicted molar refractivity (Wildman–Crippen MR) is 72.4 cm³/mol. The lowest BCUT2D eigenvalue weighted by atomic mass is 10.1. The van der Waals surface area contributed by atoms with Crippen molar-refractivity contribution in [1.29, 1.82) is 0 Å². The molecule has 0 radical (unpaired) electrons. The monoisotopic (exact) mass is 238 g/mol. The number of aryl methyl sites for hydroxylation is 1. The first-order chi connectivity index (χ1) is 8.83. The van der Waals surface area contributed by atoms with Crippen molar-refractivity contribution >= 4 is 16.6 Å². The molecule has 0 aliphatic heterocycles. The Kier molecular flexibility index (Phi) is 2.68. The minimum atomic E-state index is 0.767. The molecule has 0 aliphatic rings. The number of para-hydroxylation sites is 1. The zero-order valence-electron chi connectivity index (χ0n) is 10.1. The summed E-state index contributed by atoms with van der Waals surface area (Å²) >= 11 is 0.